The average molecular weight is 257 g/mol. The van der Waals surface area contributed by atoms with Gasteiger partial charge in [-0.15, -0.1) is 12.4 Å². The van der Waals surface area contributed by atoms with Crippen LogP contribution >= 0.6 is 24.2 Å². The van der Waals surface area contributed by atoms with E-state index in [1.165, 1.54) is 0 Å². The summed E-state index contributed by atoms with van der Waals surface area (Å²) in [4.78, 5) is 11.5. The maximum atomic E-state index is 12.8. The summed E-state index contributed by atoms with van der Waals surface area (Å²) in [5, 5.41) is 5.71. The van der Waals surface area contributed by atoms with Gasteiger partial charge in [-0.25, -0.2) is 4.39 Å². The molecule has 0 aliphatic carbocycles. The van der Waals surface area contributed by atoms with Crippen molar-refractivity contribution in [1.82, 2.24) is 10.6 Å². The van der Waals surface area contributed by atoms with Crippen molar-refractivity contribution in [1.29, 1.82) is 0 Å². The van der Waals surface area contributed by atoms with Gasteiger partial charge in [-0.1, -0.05) is 0 Å². The van der Waals surface area contributed by atoms with Crippen LogP contribution in [0.2, 0.25) is 0 Å². The number of alkyl halides is 1. The predicted molar refractivity (Wildman–Crippen MR) is 64.5 cm³/mol. The third-order valence-corrected chi connectivity index (χ3v) is 3.03. The molecule has 1 unspecified atom stereocenters. The van der Waals surface area contributed by atoms with Crippen molar-refractivity contribution in [2.45, 2.75) is 31.6 Å². The summed E-state index contributed by atoms with van der Waals surface area (Å²) in [7, 11) is 0. The molecule has 1 fully saturated rings. The summed E-state index contributed by atoms with van der Waals surface area (Å²) in [6.07, 6.45) is 1.42. The van der Waals surface area contributed by atoms with Gasteiger partial charge in [0, 0.05) is 24.8 Å². The van der Waals surface area contributed by atoms with E-state index < -0.39 is 6.17 Å². The van der Waals surface area contributed by atoms with Crippen LogP contribution in [0.5, 0.6) is 0 Å². The van der Waals surface area contributed by atoms with Gasteiger partial charge in [0.25, 0.3) is 0 Å². The number of carbonyl (C=O) groups is 1. The molecule has 3 nitrogen and oxygen atoms in total. The minimum absolute atomic E-state index is 0. The van der Waals surface area contributed by atoms with E-state index in [0.29, 0.717) is 13.0 Å². The van der Waals surface area contributed by atoms with E-state index in [4.69, 9.17) is 0 Å². The van der Waals surface area contributed by atoms with E-state index >= 15 is 0 Å². The maximum absolute atomic E-state index is 12.8. The zero-order valence-corrected chi connectivity index (χ0v) is 10.6. The second kappa shape index (κ2) is 7.30. The van der Waals surface area contributed by atoms with Crippen LogP contribution in [0.25, 0.3) is 0 Å². The molecular formula is C9H18ClFN2OS. The first-order chi connectivity index (χ1) is 6.63. The van der Waals surface area contributed by atoms with Crippen LogP contribution in [0.1, 0.15) is 13.3 Å². The third-order valence-electron chi connectivity index (χ3n) is 2.20. The fourth-order valence-electron chi connectivity index (χ4n) is 1.53. The molecule has 0 aromatic rings. The zero-order valence-electron chi connectivity index (χ0n) is 8.96. The lowest BCUT2D eigenvalue weighted by Gasteiger charge is -2.15. The van der Waals surface area contributed by atoms with Crippen molar-refractivity contribution >= 4 is 30.1 Å². The van der Waals surface area contributed by atoms with Crippen molar-refractivity contribution in [3.05, 3.63) is 0 Å². The number of carbonyl (C=O) groups excluding carboxylic acids is 1. The minimum Gasteiger partial charge on any atom is -0.351 e. The molecule has 1 saturated heterocycles. The van der Waals surface area contributed by atoms with Crippen LogP contribution < -0.4 is 10.6 Å². The number of hydrogen-bond donors (Lipinski definition) is 2. The van der Waals surface area contributed by atoms with Crippen LogP contribution in [-0.4, -0.2) is 42.7 Å². The molecule has 0 spiro atoms. The van der Waals surface area contributed by atoms with Gasteiger partial charge in [0.15, 0.2) is 0 Å². The van der Waals surface area contributed by atoms with Gasteiger partial charge in [-0.2, -0.15) is 11.8 Å². The Balaban J connectivity index is 0.00000196. The number of halogens is 2. The summed E-state index contributed by atoms with van der Waals surface area (Å²) in [6.45, 7) is 2.26. The normalized spacial score (nSPS) is 26.9. The summed E-state index contributed by atoms with van der Waals surface area (Å²) < 4.78 is 12.8. The first-order valence-corrected chi connectivity index (χ1v) is 6.19. The Morgan fingerprint density at radius 2 is 2.40 bits per heavy atom. The van der Waals surface area contributed by atoms with Gasteiger partial charge in [0.05, 0.1) is 6.04 Å². The monoisotopic (exact) mass is 256 g/mol. The largest absolute Gasteiger partial charge is 0.351 e. The smallest absolute Gasteiger partial charge is 0.237 e. The molecule has 15 heavy (non-hydrogen) atoms. The van der Waals surface area contributed by atoms with Crippen LogP contribution in [0, 0.1) is 0 Å². The second-order valence-corrected chi connectivity index (χ2v) is 4.57. The number of rotatable bonds is 4. The fraction of sp³-hybridized carbons (Fsp3) is 0.889. The van der Waals surface area contributed by atoms with E-state index in [2.05, 4.69) is 10.6 Å². The maximum Gasteiger partial charge on any atom is 0.237 e. The highest BCUT2D eigenvalue weighted by Gasteiger charge is 2.29. The first kappa shape index (κ1) is 15.0. The molecule has 2 N–H and O–H groups in total. The minimum atomic E-state index is -0.874. The molecule has 1 aliphatic heterocycles. The van der Waals surface area contributed by atoms with E-state index in [9.17, 15) is 9.18 Å². The number of amides is 1. The molecule has 0 aromatic heterocycles. The molecule has 0 bridgehead atoms. The van der Waals surface area contributed by atoms with E-state index in [-0.39, 0.29) is 30.4 Å². The Hall–Kier alpha value is -0.0000000000000000555. The van der Waals surface area contributed by atoms with E-state index in [0.717, 1.165) is 5.75 Å². The highest BCUT2D eigenvalue weighted by Crippen LogP contribution is 2.10. The number of hydrogen-bond acceptors (Lipinski definition) is 3. The fourth-order valence-corrected chi connectivity index (χ4v) is 2.11. The van der Waals surface area contributed by atoms with E-state index in [1.807, 2.05) is 13.2 Å². The summed E-state index contributed by atoms with van der Waals surface area (Å²) in [5.41, 5.74) is 0. The van der Waals surface area contributed by atoms with Gasteiger partial charge in [-0.05, 0) is 13.2 Å². The van der Waals surface area contributed by atoms with Crippen LogP contribution in [-0.2, 0) is 4.79 Å². The van der Waals surface area contributed by atoms with Gasteiger partial charge >= 0.3 is 0 Å². The lowest BCUT2D eigenvalue weighted by atomic mass is 10.2. The van der Waals surface area contributed by atoms with Crippen molar-refractivity contribution in [3.63, 3.8) is 0 Å². The van der Waals surface area contributed by atoms with Crippen LogP contribution in [0.15, 0.2) is 0 Å². The van der Waals surface area contributed by atoms with Gasteiger partial charge in [0.2, 0.25) is 5.91 Å². The number of nitrogens with one attached hydrogen (secondary N) is 2. The Labute approximate surface area is 100 Å². The van der Waals surface area contributed by atoms with E-state index in [1.54, 1.807) is 11.8 Å². The molecule has 0 saturated carbocycles. The Bertz CT molecular complexity index is 209. The quantitative estimate of drug-likeness (QED) is 0.788. The lowest BCUT2D eigenvalue weighted by Crippen LogP contribution is -2.44. The molecule has 0 aromatic carbocycles. The second-order valence-electron chi connectivity index (χ2n) is 3.66. The summed E-state index contributed by atoms with van der Waals surface area (Å²) >= 11 is 1.69. The molecule has 1 rings (SSSR count). The zero-order chi connectivity index (χ0) is 10.6. The third kappa shape index (κ3) is 5.04. The van der Waals surface area contributed by atoms with Gasteiger partial charge in [0.1, 0.15) is 6.17 Å². The van der Waals surface area contributed by atoms with Crippen LogP contribution in [0.4, 0.5) is 4.39 Å². The van der Waals surface area contributed by atoms with Crippen LogP contribution in [0.3, 0.4) is 0 Å². The lowest BCUT2D eigenvalue weighted by molar-refractivity contribution is -0.123. The molecule has 1 amide bonds. The predicted octanol–water partition coefficient (Wildman–Crippen LogP) is 0.976. The van der Waals surface area contributed by atoms with Gasteiger partial charge < -0.3 is 10.6 Å². The molecule has 0 radical (unpaired) electrons. The summed E-state index contributed by atoms with van der Waals surface area (Å²) in [5.74, 6) is 0.809. The number of thioether (sulfide) groups is 1. The average Bonchev–Trinajstić information content (AvgIpc) is 2.52. The Morgan fingerprint density at radius 3 is 2.87 bits per heavy atom. The SMILES string of the molecule is CSCC(C)NC(=O)[C@H]1C[C@H](F)CN1.Cl. The van der Waals surface area contributed by atoms with Crippen molar-refractivity contribution in [2.24, 2.45) is 0 Å². The van der Waals surface area contributed by atoms with Crippen molar-refractivity contribution in [2.75, 3.05) is 18.6 Å². The summed E-state index contributed by atoms with van der Waals surface area (Å²) in [6, 6.07) is -0.188. The highest BCUT2D eigenvalue weighted by molar-refractivity contribution is 7.98. The molecule has 6 heteroatoms. The van der Waals surface area contributed by atoms with Gasteiger partial charge in [-0.3, -0.25) is 4.79 Å². The van der Waals surface area contributed by atoms with Crippen molar-refractivity contribution < 1.29 is 9.18 Å². The highest BCUT2D eigenvalue weighted by atomic mass is 35.5. The molecule has 1 aliphatic rings. The standard InChI is InChI=1S/C9H17FN2OS.ClH/c1-6(5-14-2)12-9(13)8-3-7(10)4-11-8;/h6-8,11H,3-5H2,1-2H3,(H,12,13);1H/t6?,7-,8+;/m0./s1. The molecule has 90 valence electrons. The molecule has 1 heterocycles. The first-order valence-electron chi connectivity index (χ1n) is 4.80. The topological polar surface area (TPSA) is 41.1 Å². The molecular weight excluding hydrogens is 239 g/mol. The molecule has 3 atom stereocenters. The Kier molecular flexibility index (Phi) is 7.30. The van der Waals surface area contributed by atoms with Crippen molar-refractivity contribution in [3.8, 4) is 0 Å². The Morgan fingerprint density at radius 1 is 1.73 bits per heavy atom.